The van der Waals surface area contributed by atoms with Crippen molar-refractivity contribution >= 4 is 44.7 Å². The Morgan fingerprint density at radius 3 is 2.69 bits per heavy atom. The van der Waals surface area contributed by atoms with E-state index >= 15 is 0 Å². The fraction of sp³-hybridized carbons (Fsp3) is 0.217. The Bertz CT molecular complexity index is 1550. The average Bonchev–Trinajstić information content (AvgIpc) is 3.19. The first-order valence-electron chi connectivity index (χ1n) is 10.2. The third kappa shape index (κ3) is 3.69. The molecule has 1 N–H and O–H groups in total. The monoisotopic (exact) mass is 448 g/mol. The largest absolute Gasteiger partial charge is 0.449 e. The van der Waals surface area contributed by atoms with Gasteiger partial charge in [-0.15, -0.1) is 0 Å². The number of fused-ring (bicyclic) bond motifs is 4. The summed E-state index contributed by atoms with van der Waals surface area (Å²) in [7, 11) is 1.63. The summed E-state index contributed by atoms with van der Waals surface area (Å²) in [5.74, 6) is 0.838. The van der Waals surface area contributed by atoms with E-state index in [4.69, 9.17) is 14.1 Å². The summed E-state index contributed by atoms with van der Waals surface area (Å²) in [5, 5.41) is 1.94. The Morgan fingerprint density at radius 1 is 1.06 bits per heavy atom. The van der Waals surface area contributed by atoms with E-state index in [0.717, 1.165) is 5.39 Å². The molecule has 9 heteroatoms. The number of ether oxygens (including phenoxy) is 1. The van der Waals surface area contributed by atoms with E-state index in [-0.39, 0.29) is 16.7 Å². The molecule has 0 unspecified atom stereocenters. The molecular formula is C23H20N4O4S. The highest BCUT2D eigenvalue weighted by atomic mass is 32.2. The van der Waals surface area contributed by atoms with Crippen molar-refractivity contribution < 1.29 is 9.15 Å². The zero-order chi connectivity index (χ0) is 22.1. The van der Waals surface area contributed by atoms with Gasteiger partial charge in [-0.05, 0) is 30.7 Å². The van der Waals surface area contributed by atoms with Gasteiger partial charge < -0.3 is 14.1 Å². The molecular weight excluding hydrogens is 428 g/mol. The fourth-order valence-corrected chi connectivity index (χ4v) is 4.57. The summed E-state index contributed by atoms with van der Waals surface area (Å²) in [6.45, 7) is 1.03. The normalized spacial score (nSPS) is 11.7. The first kappa shape index (κ1) is 20.5. The van der Waals surface area contributed by atoms with Gasteiger partial charge in [0, 0.05) is 25.6 Å². The van der Waals surface area contributed by atoms with Gasteiger partial charge >= 0.3 is 0 Å². The van der Waals surface area contributed by atoms with Gasteiger partial charge in [0.05, 0.1) is 16.7 Å². The molecule has 162 valence electrons. The zero-order valence-corrected chi connectivity index (χ0v) is 18.1. The van der Waals surface area contributed by atoms with E-state index in [0.29, 0.717) is 58.3 Å². The SMILES string of the molecule is COCCCn1c(SCc2nc3c(oc4ccccc43)c(=O)[nH]2)nc2ccccc2c1=O. The van der Waals surface area contributed by atoms with Crippen LogP contribution < -0.4 is 11.1 Å². The van der Waals surface area contributed by atoms with Gasteiger partial charge in [0.1, 0.15) is 16.9 Å². The molecule has 3 heterocycles. The summed E-state index contributed by atoms with van der Waals surface area (Å²) in [6.07, 6.45) is 0.687. The van der Waals surface area contributed by atoms with Crippen molar-refractivity contribution in [3.8, 4) is 0 Å². The number of aromatic amines is 1. The van der Waals surface area contributed by atoms with Crippen LogP contribution in [0.15, 0.2) is 67.7 Å². The van der Waals surface area contributed by atoms with Gasteiger partial charge in [0.2, 0.25) is 5.58 Å². The van der Waals surface area contributed by atoms with Crippen LogP contribution in [0.3, 0.4) is 0 Å². The summed E-state index contributed by atoms with van der Waals surface area (Å²) in [4.78, 5) is 37.8. The molecule has 0 fully saturated rings. The van der Waals surface area contributed by atoms with E-state index < -0.39 is 0 Å². The minimum Gasteiger partial charge on any atom is -0.449 e. The number of hydrogen-bond acceptors (Lipinski definition) is 7. The molecule has 0 bridgehead atoms. The van der Waals surface area contributed by atoms with E-state index in [2.05, 4.69) is 9.97 Å². The van der Waals surface area contributed by atoms with Crippen LogP contribution in [0.1, 0.15) is 12.2 Å². The van der Waals surface area contributed by atoms with E-state index in [1.165, 1.54) is 11.8 Å². The molecule has 32 heavy (non-hydrogen) atoms. The van der Waals surface area contributed by atoms with Crippen LogP contribution in [-0.2, 0) is 17.0 Å². The minimum atomic E-state index is -0.328. The number of hydrogen-bond donors (Lipinski definition) is 1. The van der Waals surface area contributed by atoms with E-state index in [1.807, 2.05) is 42.5 Å². The molecule has 0 saturated carbocycles. The summed E-state index contributed by atoms with van der Waals surface area (Å²) >= 11 is 1.36. The number of furan rings is 1. The number of benzene rings is 2. The molecule has 0 saturated heterocycles. The third-order valence-electron chi connectivity index (χ3n) is 5.17. The topological polar surface area (TPSA) is 103 Å². The lowest BCUT2D eigenvalue weighted by Crippen LogP contribution is -2.24. The van der Waals surface area contributed by atoms with Crippen LogP contribution >= 0.6 is 11.8 Å². The fourth-order valence-electron chi connectivity index (χ4n) is 3.67. The quantitative estimate of drug-likeness (QED) is 0.230. The number of thioether (sulfide) groups is 1. The lowest BCUT2D eigenvalue weighted by atomic mass is 10.2. The number of nitrogens with zero attached hydrogens (tertiary/aromatic N) is 3. The Kier molecular flexibility index (Phi) is 5.50. The predicted molar refractivity (Wildman–Crippen MR) is 124 cm³/mol. The Labute approximate surface area is 186 Å². The number of methoxy groups -OCH3 is 1. The van der Waals surface area contributed by atoms with Gasteiger partial charge in [-0.25, -0.2) is 9.97 Å². The van der Waals surface area contributed by atoms with Gasteiger partial charge in [0.15, 0.2) is 5.16 Å². The van der Waals surface area contributed by atoms with Crippen molar-refractivity contribution in [1.29, 1.82) is 0 Å². The summed E-state index contributed by atoms with van der Waals surface area (Å²) in [5.41, 5.74) is 1.58. The van der Waals surface area contributed by atoms with Crippen molar-refractivity contribution in [1.82, 2.24) is 19.5 Å². The number of para-hydroxylation sites is 2. The highest BCUT2D eigenvalue weighted by Gasteiger charge is 2.15. The van der Waals surface area contributed by atoms with Gasteiger partial charge in [-0.2, -0.15) is 0 Å². The van der Waals surface area contributed by atoms with Crippen LogP contribution in [0.25, 0.3) is 33.0 Å². The predicted octanol–water partition coefficient (Wildman–Crippen LogP) is 3.71. The molecule has 0 amide bonds. The maximum atomic E-state index is 13.1. The van der Waals surface area contributed by atoms with E-state index in [9.17, 15) is 9.59 Å². The second-order valence-corrected chi connectivity index (χ2v) is 8.23. The molecule has 0 aliphatic carbocycles. The second kappa shape index (κ2) is 8.60. The number of H-pyrrole nitrogens is 1. The standard InChI is InChI=1S/C23H20N4O4S/c1-30-12-6-11-27-22(29)14-7-2-4-9-16(14)24-23(27)32-13-18-25-19-15-8-3-5-10-17(15)31-20(19)21(28)26-18/h2-5,7-10H,6,11-13H2,1H3,(H,25,26,28). The first-order chi connectivity index (χ1) is 15.7. The molecule has 3 aromatic heterocycles. The summed E-state index contributed by atoms with van der Waals surface area (Å²) < 4.78 is 12.5. The lowest BCUT2D eigenvalue weighted by molar-refractivity contribution is 0.189. The Morgan fingerprint density at radius 2 is 1.84 bits per heavy atom. The third-order valence-corrected chi connectivity index (χ3v) is 6.16. The maximum absolute atomic E-state index is 13.1. The molecule has 2 aromatic carbocycles. The van der Waals surface area contributed by atoms with Crippen molar-refractivity contribution in [3.05, 3.63) is 75.1 Å². The molecule has 8 nitrogen and oxygen atoms in total. The molecule has 0 atom stereocenters. The Balaban J connectivity index is 1.52. The lowest BCUT2D eigenvalue weighted by Gasteiger charge is -2.12. The van der Waals surface area contributed by atoms with Gasteiger partial charge in [0.25, 0.3) is 11.1 Å². The van der Waals surface area contributed by atoms with Crippen LogP contribution in [0.2, 0.25) is 0 Å². The molecule has 5 aromatic rings. The van der Waals surface area contributed by atoms with Gasteiger partial charge in [-0.3, -0.25) is 14.2 Å². The number of rotatable bonds is 7. The zero-order valence-electron chi connectivity index (χ0n) is 17.3. The molecule has 0 radical (unpaired) electrons. The number of aromatic nitrogens is 4. The second-order valence-electron chi connectivity index (χ2n) is 7.29. The molecule has 5 rings (SSSR count). The van der Waals surface area contributed by atoms with Crippen LogP contribution in [0, 0.1) is 0 Å². The number of nitrogens with one attached hydrogen (secondary N) is 1. The summed E-state index contributed by atoms with van der Waals surface area (Å²) in [6, 6.07) is 14.7. The molecule has 0 spiro atoms. The van der Waals surface area contributed by atoms with Crippen LogP contribution in [0.5, 0.6) is 0 Å². The van der Waals surface area contributed by atoms with Crippen LogP contribution in [-0.4, -0.2) is 33.2 Å². The Hall–Kier alpha value is -3.43. The van der Waals surface area contributed by atoms with Crippen LogP contribution in [0.4, 0.5) is 0 Å². The average molecular weight is 449 g/mol. The highest BCUT2D eigenvalue weighted by Crippen LogP contribution is 2.26. The van der Waals surface area contributed by atoms with Crippen molar-refractivity contribution in [3.63, 3.8) is 0 Å². The maximum Gasteiger partial charge on any atom is 0.294 e. The van der Waals surface area contributed by atoms with Crippen molar-refractivity contribution in [2.45, 2.75) is 23.9 Å². The van der Waals surface area contributed by atoms with Gasteiger partial charge in [-0.1, -0.05) is 36.0 Å². The molecule has 0 aliphatic heterocycles. The first-order valence-corrected chi connectivity index (χ1v) is 11.2. The smallest absolute Gasteiger partial charge is 0.294 e. The molecule has 0 aliphatic rings. The van der Waals surface area contributed by atoms with Crippen molar-refractivity contribution in [2.24, 2.45) is 0 Å². The highest BCUT2D eigenvalue weighted by molar-refractivity contribution is 7.98. The minimum absolute atomic E-state index is 0.0908. The van der Waals surface area contributed by atoms with E-state index in [1.54, 1.807) is 17.7 Å². The van der Waals surface area contributed by atoms with Crippen molar-refractivity contribution in [2.75, 3.05) is 13.7 Å².